The van der Waals surface area contributed by atoms with Crippen LogP contribution in [-0.4, -0.2) is 9.78 Å². The molecule has 3 rings (SSSR count). The first kappa shape index (κ1) is 14.1. The SMILES string of the molecule is CCn1nc(COc2ccc(F)c(Br)c2)c2ccccc21. The topological polar surface area (TPSA) is 27.1 Å². The molecule has 0 N–H and O–H groups in total. The van der Waals surface area contributed by atoms with E-state index >= 15 is 0 Å². The van der Waals surface area contributed by atoms with Gasteiger partial charge in [-0.25, -0.2) is 4.39 Å². The minimum absolute atomic E-state index is 0.303. The largest absolute Gasteiger partial charge is 0.487 e. The third kappa shape index (κ3) is 2.78. The summed E-state index contributed by atoms with van der Waals surface area (Å²) in [7, 11) is 0. The fraction of sp³-hybridized carbons (Fsp3) is 0.188. The smallest absolute Gasteiger partial charge is 0.137 e. The molecule has 0 atom stereocenters. The van der Waals surface area contributed by atoms with Gasteiger partial charge in [0, 0.05) is 11.9 Å². The van der Waals surface area contributed by atoms with Crippen LogP contribution in [0.4, 0.5) is 4.39 Å². The Hall–Kier alpha value is -1.88. The molecule has 0 fully saturated rings. The van der Waals surface area contributed by atoms with Crippen LogP contribution in [0.25, 0.3) is 10.9 Å². The molecule has 0 bridgehead atoms. The zero-order chi connectivity index (χ0) is 14.8. The molecule has 0 saturated carbocycles. The summed E-state index contributed by atoms with van der Waals surface area (Å²) in [6.45, 7) is 3.22. The second-order valence-electron chi connectivity index (χ2n) is 4.64. The zero-order valence-corrected chi connectivity index (χ0v) is 13.1. The second kappa shape index (κ2) is 5.85. The Kier molecular flexibility index (Phi) is 3.92. The van der Waals surface area contributed by atoms with Crippen LogP contribution in [0.3, 0.4) is 0 Å². The molecule has 5 heteroatoms. The monoisotopic (exact) mass is 348 g/mol. The predicted molar refractivity (Wildman–Crippen MR) is 83.8 cm³/mol. The van der Waals surface area contributed by atoms with Crippen molar-refractivity contribution in [1.29, 1.82) is 0 Å². The average Bonchev–Trinajstić information content (AvgIpc) is 2.87. The van der Waals surface area contributed by atoms with Crippen LogP contribution in [0, 0.1) is 5.82 Å². The van der Waals surface area contributed by atoms with Crippen LogP contribution in [-0.2, 0) is 13.2 Å². The number of aromatic nitrogens is 2. The lowest BCUT2D eigenvalue weighted by atomic mass is 10.2. The molecular formula is C16H14BrFN2O. The van der Waals surface area contributed by atoms with E-state index in [9.17, 15) is 4.39 Å². The molecule has 108 valence electrons. The van der Waals surface area contributed by atoms with E-state index < -0.39 is 0 Å². The van der Waals surface area contributed by atoms with Gasteiger partial charge >= 0.3 is 0 Å². The molecule has 1 aromatic heterocycles. The maximum Gasteiger partial charge on any atom is 0.137 e. The summed E-state index contributed by atoms with van der Waals surface area (Å²) in [5.41, 5.74) is 1.98. The van der Waals surface area contributed by atoms with Crippen molar-refractivity contribution in [2.24, 2.45) is 0 Å². The fourth-order valence-electron chi connectivity index (χ4n) is 2.26. The summed E-state index contributed by atoms with van der Waals surface area (Å²) in [4.78, 5) is 0. The first-order valence-electron chi connectivity index (χ1n) is 6.71. The Morgan fingerprint density at radius 2 is 2.05 bits per heavy atom. The molecule has 0 aliphatic carbocycles. The number of para-hydroxylation sites is 1. The Bertz CT molecular complexity index is 785. The molecular weight excluding hydrogens is 335 g/mol. The highest BCUT2D eigenvalue weighted by atomic mass is 79.9. The van der Waals surface area contributed by atoms with Crippen LogP contribution in [0.15, 0.2) is 46.9 Å². The van der Waals surface area contributed by atoms with Crippen molar-refractivity contribution in [3.8, 4) is 5.75 Å². The van der Waals surface area contributed by atoms with Gasteiger partial charge in [-0.15, -0.1) is 0 Å². The first-order chi connectivity index (χ1) is 10.2. The van der Waals surface area contributed by atoms with E-state index in [1.165, 1.54) is 6.07 Å². The molecule has 0 unspecified atom stereocenters. The molecule has 0 radical (unpaired) electrons. The molecule has 0 aliphatic rings. The first-order valence-corrected chi connectivity index (χ1v) is 7.50. The van der Waals surface area contributed by atoms with Gasteiger partial charge < -0.3 is 4.74 Å². The summed E-state index contributed by atoms with van der Waals surface area (Å²) < 4.78 is 21.3. The molecule has 0 amide bonds. The second-order valence-corrected chi connectivity index (χ2v) is 5.50. The average molecular weight is 349 g/mol. The van der Waals surface area contributed by atoms with Gasteiger partial charge in [0.2, 0.25) is 0 Å². The molecule has 2 aromatic carbocycles. The van der Waals surface area contributed by atoms with Crippen LogP contribution < -0.4 is 4.74 Å². The number of halogens is 2. The third-order valence-electron chi connectivity index (χ3n) is 3.30. The van der Waals surface area contributed by atoms with Gasteiger partial charge in [-0.2, -0.15) is 5.10 Å². The Morgan fingerprint density at radius 1 is 1.24 bits per heavy atom. The van der Waals surface area contributed by atoms with E-state index in [-0.39, 0.29) is 5.82 Å². The van der Waals surface area contributed by atoms with E-state index in [4.69, 9.17) is 4.74 Å². The molecule has 21 heavy (non-hydrogen) atoms. The molecule has 3 nitrogen and oxygen atoms in total. The summed E-state index contributed by atoms with van der Waals surface area (Å²) in [5.74, 6) is 0.307. The molecule has 1 heterocycles. The Morgan fingerprint density at radius 3 is 2.81 bits per heavy atom. The normalized spacial score (nSPS) is 11.0. The number of fused-ring (bicyclic) bond motifs is 1. The van der Waals surface area contributed by atoms with Gasteiger partial charge in [-0.05, 0) is 47.1 Å². The van der Waals surface area contributed by atoms with Gasteiger partial charge in [0.1, 0.15) is 23.9 Å². The Balaban J connectivity index is 1.86. The highest BCUT2D eigenvalue weighted by Gasteiger charge is 2.10. The van der Waals surface area contributed by atoms with E-state index in [1.807, 2.05) is 28.9 Å². The van der Waals surface area contributed by atoms with Crippen LogP contribution in [0.5, 0.6) is 5.75 Å². The Labute approximate surface area is 130 Å². The summed E-state index contributed by atoms with van der Waals surface area (Å²) >= 11 is 3.15. The van der Waals surface area contributed by atoms with E-state index in [2.05, 4.69) is 28.0 Å². The van der Waals surface area contributed by atoms with E-state index in [1.54, 1.807) is 12.1 Å². The van der Waals surface area contributed by atoms with Crippen molar-refractivity contribution in [1.82, 2.24) is 9.78 Å². The number of rotatable bonds is 4. The quantitative estimate of drug-likeness (QED) is 0.692. The van der Waals surface area contributed by atoms with Gasteiger partial charge in [0.15, 0.2) is 0 Å². The number of aryl methyl sites for hydroxylation is 1. The molecule has 0 saturated heterocycles. The van der Waals surface area contributed by atoms with Crippen LogP contribution in [0.2, 0.25) is 0 Å². The van der Waals surface area contributed by atoms with Gasteiger partial charge in [0.05, 0.1) is 9.99 Å². The van der Waals surface area contributed by atoms with E-state index in [0.717, 1.165) is 23.1 Å². The highest BCUT2D eigenvalue weighted by molar-refractivity contribution is 9.10. The lowest BCUT2D eigenvalue weighted by molar-refractivity contribution is 0.300. The maximum atomic E-state index is 13.2. The van der Waals surface area contributed by atoms with Crippen LogP contribution in [0.1, 0.15) is 12.6 Å². The van der Waals surface area contributed by atoms with Gasteiger partial charge in [-0.3, -0.25) is 4.68 Å². The van der Waals surface area contributed by atoms with Gasteiger partial charge in [0.25, 0.3) is 0 Å². The molecule has 3 aromatic rings. The zero-order valence-electron chi connectivity index (χ0n) is 11.5. The standard InChI is InChI=1S/C16H14BrFN2O/c1-2-20-16-6-4-3-5-12(16)15(19-20)10-21-11-7-8-14(18)13(17)9-11/h3-9H,2,10H2,1H3. The minimum atomic E-state index is -0.303. The number of nitrogens with zero attached hydrogens (tertiary/aromatic N) is 2. The predicted octanol–water partition coefficient (Wildman–Crippen LogP) is 4.54. The van der Waals surface area contributed by atoms with Crippen molar-refractivity contribution in [2.75, 3.05) is 0 Å². The number of ether oxygens (including phenoxy) is 1. The summed E-state index contributed by atoms with van der Waals surface area (Å²) in [5, 5.41) is 5.65. The minimum Gasteiger partial charge on any atom is -0.487 e. The van der Waals surface area contributed by atoms with Crippen LogP contribution >= 0.6 is 15.9 Å². The van der Waals surface area contributed by atoms with Gasteiger partial charge in [-0.1, -0.05) is 18.2 Å². The number of hydrogen-bond donors (Lipinski definition) is 0. The summed E-state index contributed by atoms with van der Waals surface area (Å²) in [6, 6.07) is 12.7. The highest BCUT2D eigenvalue weighted by Crippen LogP contribution is 2.24. The summed E-state index contributed by atoms with van der Waals surface area (Å²) in [6.07, 6.45) is 0. The lowest BCUT2D eigenvalue weighted by Crippen LogP contribution is -2.00. The van der Waals surface area contributed by atoms with Crippen molar-refractivity contribution >= 4 is 26.8 Å². The van der Waals surface area contributed by atoms with Crippen molar-refractivity contribution in [2.45, 2.75) is 20.1 Å². The molecule has 0 aliphatic heterocycles. The molecule has 0 spiro atoms. The van der Waals surface area contributed by atoms with E-state index in [0.29, 0.717) is 16.8 Å². The lowest BCUT2D eigenvalue weighted by Gasteiger charge is -2.05. The number of benzene rings is 2. The number of hydrogen-bond acceptors (Lipinski definition) is 2. The van der Waals surface area contributed by atoms with Crippen molar-refractivity contribution in [3.05, 3.63) is 58.4 Å². The fourth-order valence-corrected chi connectivity index (χ4v) is 2.62. The van der Waals surface area contributed by atoms with Crippen molar-refractivity contribution in [3.63, 3.8) is 0 Å². The van der Waals surface area contributed by atoms with Crippen molar-refractivity contribution < 1.29 is 9.13 Å². The third-order valence-corrected chi connectivity index (χ3v) is 3.91. The maximum absolute atomic E-state index is 13.2.